The molecule has 6 heteroatoms. The maximum absolute atomic E-state index is 12.0. The van der Waals surface area contributed by atoms with Gasteiger partial charge in [0.05, 0.1) is 0 Å². The second kappa shape index (κ2) is 7.96. The van der Waals surface area contributed by atoms with Gasteiger partial charge in [-0.05, 0) is 47.9 Å². The van der Waals surface area contributed by atoms with E-state index in [0.717, 1.165) is 16.5 Å². The lowest BCUT2D eigenvalue weighted by Gasteiger charge is -2.12. The van der Waals surface area contributed by atoms with E-state index in [1.54, 1.807) is 24.3 Å². The van der Waals surface area contributed by atoms with Gasteiger partial charge in [0.1, 0.15) is 5.75 Å². The molecule has 0 heterocycles. The van der Waals surface area contributed by atoms with E-state index in [9.17, 15) is 4.79 Å². The molecule has 1 amide bonds. The number of hydrogen-bond acceptors (Lipinski definition) is 3. The van der Waals surface area contributed by atoms with Crippen molar-refractivity contribution >= 4 is 51.3 Å². The fourth-order valence-corrected chi connectivity index (χ4v) is 2.68. The third kappa shape index (κ3) is 4.68. The fraction of sp³-hybridized carbons (Fsp3) is 0.0526. The Morgan fingerprint density at radius 3 is 2.52 bits per heavy atom. The van der Waals surface area contributed by atoms with Crippen molar-refractivity contribution < 1.29 is 9.53 Å². The molecule has 0 aliphatic rings. The number of carbonyl (C=O) groups excluding carboxylic acids is 1. The van der Waals surface area contributed by atoms with Gasteiger partial charge in [0, 0.05) is 16.1 Å². The second-order valence-electron chi connectivity index (χ2n) is 5.27. The molecule has 3 rings (SSSR count). The van der Waals surface area contributed by atoms with E-state index in [1.807, 2.05) is 42.5 Å². The van der Waals surface area contributed by atoms with Gasteiger partial charge in [0.2, 0.25) is 0 Å². The van der Waals surface area contributed by atoms with Gasteiger partial charge < -0.3 is 10.1 Å². The van der Waals surface area contributed by atoms with Crippen molar-refractivity contribution in [3.05, 3.63) is 71.8 Å². The van der Waals surface area contributed by atoms with E-state index in [1.165, 1.54) is 0 Å². The monoisotopic (exact) mass is 370 g/mol. The number of fused-ring (bicyclic) bond motifs is 1. The van der Waals surface area contributed by atoms with Crippen LogP contribution in [0, 0.1) is 0 Å². The molecule has 0 spiro atoms. The molecule has 0 aliphatic carbocycles. The molecule has 0 unspecified atom stereocenters. The first-order valence-electron chi connectivity index (χ1n) is 7.59. The van der Waals surface area contributed by atoms with Gasteiger partial charge >= 0.3 is 0 Å². The van der Waals surface area contributed by atoms with Gasteiger partial charge in [-0.25, -0.2) is 0 Å². The van der Waals surface area contributed by atoms with E-state index in [0.29, 0.717) is 10.8 Å². The quantitative estimate of drug-likeness (QED) is 0.669. The molecule has 4 nitrogen and oxygen atoms in total. The summed E-state index contributed by atoms with van der Waals surface area (Å²) in [5.74, 6) is 0.222. The van der Waals surface area contributed by atoms with E-state index in [4.69, 9.17) is 28.6 Å². The molecule has 0 bridgehead atoms. The lowest BCUT2D eigenvalue weighted by atomic mass is 10.1. The number of benzene rings is 3. The fourth-order valence-electron chi connectivity index (χ4n) is 2.33. The molecule has 0 atom stereocenters. The first-order valence-corrected chi connectivity index (χ1v) is 8.37. The highest BCUT2D eigenvalue weighted by molar-refractivity contribution is 7.80. The van der Waals surface area contributed by atoms with E-state index < -0.39 is 0 Å². The highest BCUT2D eigenvalue weighted by atomic mass is 35.5. The maximum atomic E-state index is 12.0. The molecule has 2 N–H and O–H groups in total. The Morgan fingerprint density at radius 1 is 1.00 bits per heavy atom. The molecule has 0 fully saturated rings. The summed E-state index contributed by atoms with van der Waals surface area (Å²) in [6.45, 7) is -0.140. The summed E-state index contributed by atoms with van der Waals surface area (Å²) in [6.07, 6.45) is 0. The average Bonchev–Trinajstić information content (AvgIpc) is 2.61. The largest absolute Gasteiger partial charge is 0.484 e. The molecule has 25 heavy (non-hydrogen) atoms. The van der Waals surface area contributed by atoms with Gasteiger partial charge in [0.15, 0.2) is 11.7 Å². The number of carbonyl (C=O) groups is 1. The Kier molecular flexibility index (Phi) is 5.48. The van der Waals surface area contributed by atoms with E-state index in [2.05, 4.69) is 10.6 Å². The number of amides is 1. The van der Waals surface area contributed by atoms with Crippen molar-refractivity contribution in [2.24, 2.45) is 0 Å². The minimum Gasteiger partial charge on any atom is -0.484 e. The van der Waals surface area contributed by atoms with Crippen LogP contribution >= 0.6 is 23.8 Å². The van der Waals surface area contributed by atoms with Gasteiger partial charge in [-0.15, -0.1) is 0 Å². The summed E-state index contributed by atoms with van der Waals surface area (Å²) < 4.78 is 5.39. The molecule has 3 aromatic carbocycles. The highest BCUT2D eigenvalue weighted by Gasteiger charge is 2.07. The Labute approximate surface area is 155 Å². The second-order valence-corrected chi connectivity index (χ2v) is 6.12. The SMILES string of the molecule is O=C(COc1ccc(Cl)cc1)NC(=S)Nc1cccc2ccccc12. The molecule has 0 saturated carbocycles. The van der Waals surface area contributed by atoms with E-state index >= 15 is 0 Å². The van der Waals surface area contributed by atoms with Crippen molar-refractivity contribution in [3.63, 3.8) is 0 Å². The number of anilines is 1. The Bertz CT molecular complexity index is 907. The topological polar surface area (TPSA) is 50.4 Å². The lowest BCUT2D eigenvalue weighted by Crippen LogP contribution is -2.37. The average molecular weight is 371 g/mol. The standard InChI is InChI=1S/C19H15ClN2O2S/c20-14-8-10-15(11-9-14)24-12-18(23)22-19(25)21-17-7-3-5-13-4-1-2-6-16(13)17/h1-11H,12H2,(H2,21,22,23,25). The van der Waals surface area contributed by atoms with Gasteiger partial charge in [-0.3, -0.25) is 10.1 Å². The van der Waals surface area contributed by atoms with Crippen LogP contribution in [0.3, 0.4) is 0 Å². The van der Waals surface area contributed by atoms with Crippen molar-refractivity contribution in [1.82, 2.24) is 5.32 Å². The third-order valence-corrected chi connectivity index (χ3v) is 3.93. The van der Waals surface area contributed by atoms with Gasteiger partial charge in [-0.2, -0.15) is 0 Å². The number of rotatable bonds is 4. The van der Waals surface area contributed by atoms with Crippen molar-refractivity contribution in [3.8, 4) is 5.75 Å². The minimum atomic E-state index is -0.340. The third-order valence-electron chi connectivity index (χ3n) is 3.47. The predicted octanol–water partition coefficient (Wildman–Crippen LogP) is 4.39. The summed E-state index contributed by atoms with van der Waals surface area (Å²) in [7, 11) is 0. The predicted molar refractivity (Wildman–Crippen MR) is 105 cm³/mol. The zero-order valence-electron chi connectivity index (χ0n) is 13.2. The molecule has 0 saturated heterocycles. The van der Waals surface area contributed by atoms with Crippen LogP contribution in [0.5, 0.6) is 5.75 Å². The number of nitrogens with one attached hydrogen (secondary N) is 2. The maximum Gasteiger partial charge on any atom is 0.264 e. The van der Waals surface area contributed by atoms with Crippen LogP contribution in [-0.4, -0.2) is 17.6 Å². The van der Waals surface area contributed by atoms with Crippen molar-refractivity contribution in [2.45, 2.75) is 0 Å². The molecule has 0 aromatic heterocycles. The number of halogens is 1. The lowest BCUT2D eigenvalue weighted by molar-refractivity contribution is -0.121. The van der Waals surface area contributed by atoms with Crippen LogP contribution in [-0.2, 0) is 4.79 Å². The first-order chi connectivity index (χ1) is 12.1. The van der Waals surface area contributed by atoms with Crippen LogP contribution in [0.2, 0.25) is 5.02 Å². The summed E-state index contributed by atoms with van der Waals surface area (Å²) in [4.78, 5) is 12.0. The minimum absolute atomic E-state index is 0.140. The molecule has 126 valence electrons. The van der Waals surface area contributed by atoms with Gasteiger partial charge in [0.25, 0.3) is 5.91 Å². The Hall–Kier alpha value is -2.63. The Balaban J connectivity index is 1.56. The Morgan fingerprint density at radius 2 is 1.72 bits per heavy atom. The molecular formula is C19H15ClN2O2S. The zero-order chi connectivity index (χ0) is 17.6. The number of ether oxygens (including phenoxy) is 1. The smallest absolute Gasteiger partial charge is 0.264 e. The number of thiocarbonyl (C=S) groups is 1. The van der Waals surface area contributed by atoms with Crippen LogP contribution in [0.4, 0.5) is 5.69 Å². The number of hydrogen-bond donors (Lipinski definition) is 2. The summed E-state index contributed by atoms with van der Waals surface area (Å²) in [5.41, 5.74) is 0.835. The molecule has 0 radical (unpaired) electrons. The van der Waals surface area contributed by atoms with Gasteiger partial charge in [-0.1, -0.05) is 48.0 Å². The van der Waals surface area contributed by atoms with E-state index in [-0.39, 0.29) is 17.6 Å². The molecular weight excluding hydrogens is 356 g/mol. The van der Waals surface area contributed by atoms with Crippen LogP contribution in [0.15, 0.2) is 66.7 Å². The summed E-state index contributed by atoms with van der Waals surface area (Å²) in [6, 6.07) is 20.6. The summed E-state index contributed by atoms with van der Waals surface area (Å²) in [5, 5.41) is 8.60. The van der Waals surface area contributed by atoms with Crippen LogP contribution in [0.25, 0.3) is 10.8 Å². The first kappa shape index (κ1) is 17.2. The van der Waals surface area contributed by atoms with Crippen LogP contribution < -0.4 is 15.4 Å². The van der Waals surface area contributed by atoms with Crippen molar-refractivity contribution in [2.75, 3.05) is 11.9 Å². The molecule has 0 aliphatic heterocycles. The normalized spacial score (nSPS) is 10.3. The summed E-state index contributed by atoms with van der Waals surface area (Å²) >= 11 is 11.0. The zero-order valence-corrected chi connectivity index (χ0v) is 14.7. The highest BCUT2D eigenvalue weighted by Crippen LogP contribution is 2.22. The van der Waals surface area contributed by atoms with Crippen LogP contribution in [0.1, 0.15) is 0 Å². The molecule has 3 aromatic rings. The van der Waals surface area contributed by atoms with Crippen molar-refractivity contribution in [1.29, 1.82) is 0 Å².